The van der Waals surface area contributed by atoms with E-state index >= 15 is 0 Å². The number of amides is 1. The Hall–Kier alpha value is -3.65. The number of hydrogen-bond acceptors (Lipinski definition) is 4. The van der Waals surface area contributed by atoms with E-state index in [1.165, 1.54) is 0 Å². The Balaban J connectivity index is 1.26. The number of para-hydroxylation sites is 2. The van der Waals surface area contributed by atoms with Gasteiger partial charge in [-0.3, -0.25) is 9.59 Å². The van der Waals surface area contributed by atoms with Crippen LogP contribution in [-0.4, -0.2) is 49.8 Å². The normalized spacial score (nSPS) is 13.6. The number of aryl methyl sites for hydroxylation is 2. The minimum Gasteiger partial charge on any atom is -0.368 e. The summed E-state index contributed by atoms with van der Waals surface area (Å²) in [5.74, 6) is 0.968. The highest BCUT2D eigenvalue weighted by Gasteiger charge is 2.28. The monoisotopic (exact) mass is 559 g/mol. The summed E-state index contributed by atoms with van der Waals surface area (Å²) in [5, 5.41) is 3.93. The van der Waals surface area contributed by atoms with Gasteiger partial charge in [-0.25, -0.2) is 4.98 Å². The molecule has 3 heterocycles. The van der Waals surface area contributed by atoms with Crippen LogP contribution in [0.1, 0.15) is 29.0 Å². The minimum absolute atomic E-state index is 0.0681. The maximum Gasteiger partial charge on any atom is 0.240 e. The molecule has 2 aromatic carbocycles. The minimum atomic E-state index is -0.0745. The molecular formula is C29H30BrN5O2. The molecule has 0 bridgehead atoms. The number of hydrogen-bond donors (Lipinski definition) is 1. The predicted octanol–water partition coefficient (Wildman–Crippen LogP) is 5.00. The molecule has 0 spiro atoms. The standard InChI is InChI=1S/C29H30BrN5O2/c1-4-19(2)34-15-21(16-34)31-29(37)18-35-17-23(22-14-20(30)12-13-25(22)35)27(36)10-7-11-28-32-24-8-5-6-9-26(24)33(28)3/h4-6,8-9,12-14,17,21H,1-2,7,10-11,15-16,18H2,3H3,(H,31,37). The lowest BCUT2D eigenvalue weighted by molar-refractivity contribution is -0.123. The maximum absolute atomic E-state index is 13.3. The van der Waals surface area contributed by atoms with E-state index in [-0.39, 0.29) is 24.3 Å². The van der Waals surface area contributed by atoms with E-state index in [9.17, 15) is 9.59 Å². The number of rotatable bonds is 10. The lowest BCUT2D eigenvalue weighted by Gasteiger charge is -2.41. The van der Waals surface area contributed by atoms with Crippen molar-refractivity contribution in [3.63, 3.8) is 0 Å². The van der Waals surface area contributed by atoms with E-state index < -0.39 is 0 Å². The van der Waals surface area contributed by atoms with Crippen LogP contribution in [0.15, 0.2) is 78.1 Å². The van der Waals surface area contributed by atoms with Gasteiger partial charge in [-0.1, -0.05) is 41.2 Å². The summed E-state index contributed by atoms with van der Waals surface area (Å²) in [7, 11) is 2.01. The number of allylic oxidation sites excluding steroid dienone is 1. The smallest absolute Gasteiger partial charge is 0.240 e. The van der Waals surface area contributed by atoms with Crippen LogP contribution in [0.2, 0.25) is 0 Å². The Bertz CT molecular complexity index is 1530. The summed E-state index contributed by atoms with van der Waals surface area (Å²) >= 11 is 3.53. The summed E-state index contributed by atoms with van der Waals surface area (Å²) in [4.78, 5) is 32.9. The number of aromatic nitrogens is 3. The average Bonchev–Trinajstić information content (AvgIpc) is 3.37. The first-order valence-corrected chi connectivity index (χ1v) is 13.2. The molecule has 2 aromatic heterocycles. The van der Waals surface area contributed by atoms with Crippen LogP contribution < -0.4 is 5.32 Å². The molecule has 1 N–H and O–H groups in total. The second kappa shape index (κ2) is 10.4. The van der Waals surface area contributed by atoms with E-state index in [0.717, 1.165) is 57.4 Å². The van der Waals surface area contributed by atoms with E-state index in [0.29, 0.717) is 18.4 Å². The molecule has 4 aromatic rings. The van der Waals surface area contributed by atoms with Gasteiger partial charge in [0.25, 0.3) is 0 Å². The Kier molecular flexibility index (Phi) is 7.02. The number of imidazole rings is 1. The third-order valence-corrected chi connectivity index (χ3v) is 7.52. The number of ketones is 1. The molecule has 0 aliphatic carbocycles. The van der Waals surface area contributed by atoms with E-state index in [1.54, 1.807) is 6.08 Å². The number of halogens is 1. The number of benzene rings is 2. The molecule has 1 fully saturated rings. The molecule has 1 aliphatic heterocycles. The zero-order chi connectivity index (χ0) is 26.1. The third-order valence-electron chi connectivity index (χ3n) is 7.03. The molecule has 1 saturated heterocycles. The Morgan fingerprint density at radius 2 is 1.97 bits per heavy atom. The molecule has 0 unspecified atom stereocenters. The van der Waals surface area contributed by atoms with Crippen molar-refractivity contribution in [3.05, 3.63) is 89.5 Å². The zero-order valence-corrected chi connectivity index (χ0v) is 22.5. The van der Waals surface area contributed by atoms with Crippen LogP contribution >= 0.6 is 15.9 Å². The number of Topliss-reactive ketones (excluding diaryl/α,β-unsaturated/α-hetero) is 1. The first kappa shape index (κ1) is 25.0. The predicted molar refractivity (Wildman–Crippen MR) is 150 cm³/mol. The van der Waals surface area contributed by atoms with Crippen molar-refractivity contribution >= 4 is 49.6 Å². The molecule has 0 atom stereocenters. The molecule has 0 saturated carbocycles. The van der Waals surface area contributed by atoms with Crippen LogP contribution in [0.4, 0.5) is 0 Å². The van der Waals surface area contributed by atoms with Gasteiger partial charge in [0.2, 0.25) is 5.91 Å². The van der Waals surface area contributed by atoms with Crippen molar-refractivity contribution < 1.29 is 9.59 Å². The van der Waals surface area contributed by atoms with Crippen LogP contribution in [-0.2, 0) is 24.8 Å². The maximum atomic E-state index is 13.3. The van der Waals surface area contributed by atoms with Crippen LogP contribution in [0.25, 0.3) is 21.9 Å². The number of likely N-dealkylation sites (tertiary alicyclic amines) is 1. The summed E-state index contributed by atoms with van der Waals surface area (Å²) in [6.07, 6.45) is 5.37. The summed E-state index contributed by atoms with van der Waals surface area (Å²) in [6, 6.07) is 14.0. The van der Waals surface area contributed by atoms with Crippen molar-refractivity contribution in [1.82, 2.24) is 24.3 Å². The molecule has 0 radical (unpaired) electrons. The fourth-order valence-electron chi connectivity index (χ4n) is 4.94. The van der Waals surface area contributed by atoms with Gasteiger partial charge in [-0.15, -0.1) is 0 Å². The quantitative estimate of drug-likeness (QED) is 0.219. The summed E-state index contributed by atoms with van der Waals surface area (Å²) in [6.45, 7) is 9.29. The van der Waals surface area contributed by atoms with E-state index in [4.69, 9.17) is 4.98 Å². The Morgan fingerprint density at radius 1 is 1.19 bits per heavy atom. The van der Waals surface area contributed by atoms with Crippen molar-refractivity contribution in [3.8, 4) is 0 Å². The Labute approximate surface area is 224 Å². The van der Waals surface area contributed by atoms with Gasteiger partial charge in [0.1, 0.15) is 12.4 Å². The van der Waals surface area contributed by atoms with Crippen molar-refractivity contribution in [2.75, 3.05) is 13.1 Å². The summed E-state index contributed by atoms with van der Waals surface area (Å²) in [5.41, 5.74) is 4.44. The molecule has 8 heteroatoms. The topological polar surface area (TPSA) is 72.2 Å². The largest absolute Gasteiger partial charge is 0.368 e. The molecule has 1 aliphatic rings. The van der Waals surface area contributed by atoms with Gasteiger partial charge >= 0.3 is 0 Å². The first-order valence-electron chi connectivity index (χ1n) is 12.4. The number of carbonyl (C=O) groups excluding carboxylic acids is 2. The average molecular weight is 560 g/mol. The molecule has 37 heavy (non-hydrogen) atoms. The summed E-state index contributed by atoms with van der Waals surface area (Å²) < 4.78 is 4.86. The highest BCUT2D eigenvalue weighted by Crippen LogP contribution is 2.27. The van der Waals surface area contributed by atoms with Crippen molar-refractivity contribution in [2.24, 2.45) is 7.05 Å². The molecule has 1 amide bonds. The van der Waals surface area contributed by atoms with E-state index in [2.05, 4.69) is 49.9 Å². The number of nitrogens with one attached hydrogen (secondary N) is 1. The molecular weight excluding hydrogens is 530 g/mol. The van der Waals surface area contributed by atoms with Gasteiger partial charge in [-0.2, -0.15) is 0 Å². The van der Waals surface area contributed by atoms with Crippen LogP contribution in [0.5, 0.6) is 0 Å². The molecule has 7 nitrogen and oxygen atoms in total. The zero-order valence-electron chi connectivity index (χ0n) is 20.9. The lowest BCUT2D eigenvalue weighted by atomic mass is 10.0. The molecule has 5 rings (SSSR count). The second-order valence-corrected chi connectivity index (χ2v) is 10.5. The van der Waals surface area contributed by atoms with Crippen LogP contribution in [0.3, 0.4) is 0 Å². The SMILES string of the molecule is C=CC(=C)N1CC(NC(=O)Cn2cc(C(=O)CCCc3nc4ccccc4n3C)c3cc(Br)ccc32)C1. The second-order valence-electron chi connectivity index (χ2n) is 9.55. The molecule has 190 valence electrons. The fourth-order valence-corrected chi connectivity index (χ4v) is 5.31. The highest BCUT2D eigenvalue weighted by molar-refractivity contribution is 9.10. The lowest BCUT2D eigenvalue weighted by Crippen LogP contribution is -2.58. The third kappa shape index (κ3) is 5.11. The van der Waals surface area contributed by atoms with Gasteiger partial charge in [0.05, 0.1) is 17.1 Å². The van der Waals surface area contributed by atoms with Crippen molar-refractivity contribution in [1.29, 1.82) is 0 Å². The highest BCUT2D eigenvalue weighted by atomic mass is 79.9. The van der Waals surface area contributed by atoms with Gasteiger partial charge < -0.3 is 19.4 Å². The van der Waals surface area contributed by atoms with Crippen molar-refractivity contribution in [2.45, 2.75) is 31.8 Å². The van der Waals surface area contributed by atoms with E-state index in [1.807, 2.05) is 54.2 Å². The number of fused-ring (bicyclic) bond motifs is 2. The van der Waals surface area contributed by atoms with Gasteiger partial charge in [0.15, 0.2) is 5.78 Å². The Morgan fingerprint density at radius 3 is 2.73 bits per heavy atom. The van der Waals surface area contributed by atoms with Crippen LogP contribution in [0, 0.1) is 0 Å². The first-order chi connectivity index (χ1) is 17.8. The fraction of sp³-hybridized carbons (Fsp3) is 0.276. The number of nitrogens with zero attached hydrogens (tertiary/aromatic N) is 4. The van der Waals surface area contributed by atoms with Gasteiger partial charge in [-0.05, 0) is 42.8 Å². The number of carbonyl (C=O) groups is 2. The van der Waals surface area contributed by atoms with Gasteiger partial charge in [0, 0.05) is 65.8 Å².